The molecule has 2 atom stereocenters. The first-order valence-electron chi connectivity index (χ1n) is 7.50. The number of carbonyl (C=O) groups excluding carboxylic acids is 1. The summed E-state index contributed by atoms with van der Waals surface area (Å²) < 4.78 is 0. The lowest BCUT2D eigenvalue weighted by Crippen LogP contribution is -2.39. The summed E-state index contributed by atoms with van der Waals surface area (Å²) in [5, 5.41) is 4.34. The number of carbonyl (C=O) groups is 1. The molecule has 0 saturated carbocycles. The highest BCUT2D eigenvalue weighted by molar-refractivity contribution is 6.42. The molecule has 1 heterocycles. The van der Waals surface area contributed by atoms with Crippen molar-refractivity contribution in [3.8, 4) is 0 Å². The Labute approximate surface area is 148 Å². The average Bonchev–Trinajstić information content (AvgIpc) is 3.00. The van der Waals surface area contributed by atoms with E-state index in [9.17, 15) is 4.79 Å². The van der Waals surface area contributed by atoms with Crippen LogP contribution in [0.2, 0.25) is 10.0 Å². The van der Waals surface area contributed by atoms with Crippen LogP contribution < -0.4 is 5.32 Å². The first-order chi connectivity index (χ1) is 10.0. The minimum Gasteiger partial charge on any atom is -0.336 e. The van der Waals surface area contributed by atoms with E-state index in [1.165, 1.54) is 0 Å². The Kier molecular flexibility index (Phi) is 7.98. The zero-order valence-corrected chi connectivity index (χ0v) is 15.3. The second-order valence-electron chi connectivity index (χ2n) is 5.57. The smallest absolute Gasteiger partial charge is 0.227 e. The quantitative estimate of drug-likeness (QED) is 0.842. The summed E-state index contributed by atoms with van der Waals surface area (Å²) in [5.41, 5.74) is 1.03. The molecule has 0 aromatic heterocycles. The van der Waals surface area contributed by atoms with Gasteiger partial charge >= 0.3 is 0 Å². The Morgan fingerprint density at radius 1 is 1.41 bits per heavy atom. The summed E-state index contributed by atoms with van der Waals surface area (Å²) in [5.74, 6) is 0.335. The number of nitrogens with one attached hydrogen (secondary N) is 1. The van der Waals surface area contributed by atoms with Gasteiger partial charge in [0, 0.05) is 13.1 Å². The van der Waals surface area contributed by atoms with E-state index >= 15 is 0 Å². The van der Waals surface area contributed by atoms with Crippen molar-refractivity contribution in [3.63, 3.8) is 0 Å². The van der Waals surface area contributed by atoms with E-state index in [0.717, 1.165) is 38.0 Å². The van der Waals surface area contributed by atoms with Crippen LogP contribution in [-0.4, -0.2) is 30.4 Å². The second kappa shape index (κ2) is 8.97. The summed E-state index contributed by atoms with van der Waals surface area (Å²) in [6, 6.07) is 5.61. The molecule has 124 valence electrons. The third-order valence-electron chi connectivity index (χ3n) is 4.05. The summed E-state index contributed by atoms with van der Waals surface area (Å²) in [6.07, 6.45) is 1.87. The largest absolute Gasteiger partial charge is 0.336 e. The van der Waals surface area contributed by atoms with E-state index in [1.807, 2.05) is 17.0 Å². The van der Waals surface area contributed by atoms with Gasteiger partial charge in [0.1, 0.15) is 0 Å². The molecule has 3 nitrogen and oxygen atoms in total. The molecular weight excluding hydrogens is 343 g/mol. The summed E-state index contributed by atoms with van der Waals surface area (Å²) in [6.45, 7) is 6.62. The van der Waals surface area contributed by atoms with Gasteiger partial charge in [-0.15, -0.1) is 12.4 Å². The van der Waals surface area contributed by atoms with E-state index < -0.39 is 0 Å². The molecule has 22 heavy (non-hydrogen) atoms. The normalized spacial score (nSPS) is 18.6. The topological polar surface area (TPSA) is 32.3 Å². The standard InChI is InChI=1S/C16H22Cl2N2O.ClH/c1-3-8-20(16(21)13-6-7-19-10-13)11(2)12-4-5-14(17)15(18)9-12;/h4-5,9,11,13,19H,3,6-8,10H2,1-2H3;1H. The lowest BCUT2D eigenvalue weighted by molar-refractivity contribution is -0.137. The van der Waals surface area contributed by atoms with E-state index in [4.69, 9.17) is 23.2 Å². The van der Waals surface area contributed by atoms with Crippen LogP contribution in [0.1, 0.15) is 38.3 Å². The maximum absolute atomic E-state index is 12.7. The lowest BCUT2D eigenvalue weighted by atomic mass is 10.0. The zero-order chi connectivity index (χ0) is 15.4. The Hall–Kier alpha value is -0.480. The first kappa shape index (κ1) is 19.6. The van der Waals surface area contributed by atoms with E-state index in [1.54, 1.807) is 6.07 Å². The molecule has 2 rings (SSSR count). The maximum Gasteiger partial charge on any atom is 0.227 e. The Bertz CT molecular complexity index is 504. The predicted molar refractivity (Wildman–Crippen MR) is 95.1 cm³/mol. The van der Waals surface area contributed by atoms with Gasteiger partial charge in [-0.05, 0) is 44.0 Å². The van der Waals surface area contributed by atoms with Crippen LogP contribution in [0.5, 0.6) is 0 Å². The van der Waals surface area contributed by atoms with Crippen LogP contribution in [0.25, 0.3) is 0 Å². The number of benzene rings is 1. The van der Waals surface area contributed by atoms with Gasteiger partial charge in [0.2, 0.25) is 5.91 Å². The van der Waals surface area contributed by atoms with E-state index in [2.05, 4.69) is 19.2 Å². The van der Waals surface area contributed by atoms with Crippen LogP contribution in [0.4, 0.5) is 0 Å². The lowest BCUT2D eigenvalue weighted by Gasteiger charge is -2.31. The minimum atomic E-state index is 0. The summed E-state index contributed by atoms with van der Waals surface area (Å²) in [4.78, 5) is 14.7. The van der Waals surface area contributed by atoms with Gasteiger partial charge in [0.05, 0.1) is 22.0 Å². The average molecular weight is 366 g/mol. The molecule has 1 saturated heterocycles. The number of rotatable bonds is 5. The van der Waals surface area contributed by atoms with Crippen molar-refractivity contribution >= 4 is 41.5 Å². The van der Waals surface area contributed by atoms with Gasteiger partial charge in [-0.1, -0.05) is 36.2 Å². The number of hydrogen-bond acceptors (Lipinski definition) is 2. The molecule has 1 fully saturated rings. The molecule has 0 radical (unpaired) electrons. The van der Waals surface area contributed by atoms with Crippen molar-refractivity contribution in [3.05, 3.63) is 33.8 Å². The number of nitrogens with zero attached hydrogens (tertiary/aromatic N) is 1. The second-order valence-corrected chi connectivity index (χ2v) is 6.39. The Balaban J connectivity index is 0.00000242. The zero-order valence-electron chi connectivity index (χ0n) is 12.9. The molecule has 1 aliphatic heterocycles. The number of halogens is 3. The third-order valence-corrected chi connectivity index (χ3v) is 4.79. The third kappa shape index (κ3) is 4.51. The van der Waals surface area contributed by atoms with Crippen LogP contribution in [0.3, 0.4) is 0 Å². The van der Waals surface area contributed by atoms with Gasteiger partial charge in [-0.2, -0.15) is 0 Å². The van der Waals surface area contributed by atoms with Crippen LogP contribution in [0.15, 0.2) is 18.2 Å². The highest BCUT2D eigenvalue weighted by atomic mass is 35.5. The van der Waals surface area contributed by atoms with Gasteiger partial charge < -0.3 is 10.2 Å². The van der Waals surface area contributed by atoms with Gasteiger partial charge in [-0.3, -0.25) is 4.79 Å². The van der Waals surface area contributed by atoms with Crippen molar-refractivity contribution in [2.45, 2.75) is 32.7 Å². The molecule has 0 spiro atoms. The molecule has 1 aliphatic rings. The minimum absolute atomic E-state index is 0. The van der Waals surface area contributed by atoms with Gasteiger partial charge in [0.25, 0.3) is 0 Å². The maximum atomic E-state index is 12.7. The molecule has 1 aromatic rings. The Morgan fingerprint density at radius 2 is 2.14 bits per heavy atom. The van der Waals surface area contributed by atoms with E-state index in [-0.39, 0.29) is 30.3 Å². The molecule has 1 amide bonds. The molecule has 2 unspecified atom stereocenters. The van der Waals surface area contributed by atoms with Crippen molar-refractivity contribution in [1.82, 2.24) is 10.2 Å². The fourth-order valence-electron chi connectivity index (χ4n) is 2.79. The monoisotopic (exact) mass is 364 g/mol. The van der Waals surface area contributed by atoms with Crippen molar-refractivity contribution in [2.75, 3.05) is 19.6 Å². The van der Waals surface area contributed by atoms with Crippen LogP contribution in [0, 0.1) is 5.92 Å². The number of amides is 1. The van der Waals surface area contributed by atoms with Crippen molar-refractivity contribution in [2.24, 2.45) is 5.92 Å². The highest BCUT2D eigenvalue weighted by Gasteiger charge is 2.30. The predicted octanol–water partition coefficient (Wildman–Crippen LogP) is 4.32. The Morgan fingerprint density at radius 3 is 2.68 bits per heavy atom. The summed E-state index contributed by atoms with van der Waals surface area (Å²) >= 11 is 12.1. The highest BCUT2D eigenvalue weighted by Crippen LogP contribution is 2.29. The van der Waals surface area contributed by atoms with E-state index in [0.29, 0.717) is 10.0 Å². The molecule has 1 N–H and O–H groups in total. The fourth-order valence-corrected chi connectivity index (χ4v) is 3.09. The molecule has 0 aliphatic carbocycles. The van der Waals surface area contributed by atoms with Crippen LogP contribution in [-0.2, 0) is 4.79 Å². The molecule has 1 aromatic carbocycles. The SMILES string of the molecule is CCCN(C(=O)C1CCNC1)C(C)c1ccc(Cl)c(Cl)c1.Cl. The summed E-state index contributed by atoms with van der Waals surface area (Å²) in [7, 11) is 0. The van der Waals surface area contributed by atoms with Gasteiger partial charge in [0.15, 0.2) is 0 Å². The van der Waals surface area contributed by atoms with Gasteiger partial charge in [-0.25, -0.2) is 0 Å². The fraction of sp³-hybridized carbons (Fsp3) is 0.562. The van der Waals surface area contributed by atoms with Crippen molar-refractivity contribution in [1.29, 1.82) is 0 Å². The van der Waals surface area contributed by atoms with Crippen molar-refractivity contribution < 1.29 is 4.79 Å². The number of hydrogen-bond donors (Lipinski definition) is 1. The van der Waals surface area contributed by atoms with Crippen LogP contribution >= 0.6 is 35.6 Å². The molecule has 6 heteroatoms. The molecular formula is C16H23Cl3N2O. The first-order valence-corrected chi connectivity index (χ1v) is 8.26. The molecule has 0 bridgehead atoms.